The van der Waals surface area contributed by atoms with Crippen LogP contribution in [0, 0.1) is 0 Å². The van der Waals surface area contributed by atoms with Crippen LogP contribution in [0.3, 0.4) is 0 Å². The van der Waals surface area contributed by atoms with Gasteiger partial charge in [0.25, 0.3) is 11.8 Å². The van der Waals surface area contributed by atoms with Crippen molar-refractivity contribution in [1.29, 1.82) is 0 Å². The average Bonchev–Trinajstić information content (AvgIpc) is 3.03. The first-order valence-electron chi connectivity index (χ1n) is 6.07. The van der Waals surface area contributed by atoms with E-state index >= 15 is 0 Å². The van der Waals surface area contributed by atoms with E-state index in [2.05, 4.69) is 9.97 Å². The largest absolute Gasteiger partial charge is 0.476 e. The van der Waals surface area contributed by atoms with Crippen LogP contribution in [0.1, 0.15) is 36.3 Å². The van der Waals surface area contributed by atoms with Crippen LogP contribution in [0.2, 0.25) is 0 Å². The average molecular weight is 303 g/mol. The van der Waals surface area contributed by atoms with Crippen molar-refractivity contribution in [3.05, 3.63) is 45.7 Å². The summed E-state index contributed by atoms with van der Waals surface area (Å²) < 4.78 is 0. The second kappa shape index (κ2) is 5.06. The van der Waals surface area contributed by atoms with Crippen molar-refractivity contribution in [1.82, 2.24) is 14.9 Å². The van der Waals surface area contributed by atoms with Crippen LogP contribution in [0.4, 0.5) is 0 Å². The molecule has 2 aromatic rings. The summed E-state index contributed by atoms with van der Waals surface area (Å²) in [5.41, 5.74) is 0.430. The number of aromatic carboxylic acids is 1. The normalized spacial score (nSPS) is 13.6. The minimum Gasteiger partial charge on any atom is -0.476 e. The molecule has 8 heteroatoms. The molecule has 3 rings (SSSR count). The number of carbonyl (C=O) groups is 3. The summed E-state index contributed by atoms with van der Waals surface area (Å²) in [6.45, 7) is 0.153. The summed E-state index contributed by atoms with van der Waals surface area (Å²) in [4.78, 5) is 43.9. The van der Waals surface area contributed by atoms with Crippen LogP contribution in [-0.2, 0) is 6.42 Å². The van der Waals surface area contributed by atoms with Crippen molar-refractivity contribution >= 4 is 29.1 Å². The molecule has 0 saturated heterocycles. The maximum Gasteiger partial charge on any atom is 0.355 e. The SMILES string of the molecule is O=C(O)c1csc(CCN2C(=O)c3cccnc3C2=O)n1. The van der Waals surface area contributed by atoms with Gasteiger partial charge in [0.2, 0.25) is 0 Å². The molecule has 0 saturated carbocycles. The quantitative estimate of drug-likeness (QED) is 0.848. The number of pyridine rings is 1. The third-order valence-electron chi connectivity index (χ3n) is 3.05. The predicted octanol–water partition coefficient (Wildman–Crippen LogP) is 1.07. The lowest BCUT2D eigenvalue weighted by Crippen LogP contribution is -2.31. The van der Waals surface area contributed by atoms with E-state index in [-0.39, 0.29) is 23.8 Å². The minimum absolute atomic E-state index is 0.0287. The summed E-state index contributed by atoms with van der Waals surface area (Å²) in [6.07, 6.45) is 1.79. The third-order valence-corrected chi connectivity index (χ3v) is 3.96. The van der Waals surface area contributed by atoms with E-state index < -0.39 is 11.9 Å². The molecule has 2 amide bonds. The van der Waals surface area contributed by atoms with Gasteiger partial charge < -0.3 is 5.11 Å². The zero-order chi connectivity index (χ0) is 15.0. The van der Waals surface area contributed by atoms with Gasteiger partial charge in [-0.2, -0.15) is 0 Å². The first-order valence-corrected chi connectivity index (χ1v) is 6.95. The van der Waals surface area contributed by atoms with Crippen molar-refractivity contribution in [3.8, 4) is 0 Å². The second-order valence-electron chi connectivity index (χ2n) is 4.34. The highest BCUT2D eigenvalue weighted by Gasteiger charge is 2.36. The number of amides is 2. The summed E-state index contributed by atoms with van der Waals surface area (Å²) >= 11 is 1.19. The monoisotopic (exact) mass is 303 g/mol. The van der Waals surface area contributed by atoms with Crippen LogP contribution in [0.25, 0.3) is 0 Å². The molecule has 0 spiro atoms. The van der Waals surface area contributed by atoms with E-state index in [1.54, 1.807) is 12.1 Å². The number of hydrogen-bond acceptors (Lipinski definition) is 6. The van der Waals surface area contributed by atoms with Crippen molar-refractivity contribution in [2.24, 2.45) is 0 Å². The molecule has 0 radical (unpaired) electrons. The molecule has 1 N–H and O–H groups in total. The van der Waals surface area contributed by atoms with Gasteiger partial charge >= 0.3 is 5.97 Å². The molecular weight excluding hydrogens is 294 g/mol. The Morgan fingerprint density at radius 1 is 1.33 bits per heavy atom. The Morgan fingerprint density at radius 2 is 2.14 bits per heavy atom. The zero-order valence-electron chi connectivity index (χ0n) is 10.6. The molecule has 1 aliphatic rings. The first-order chi connectivity index (χ1) is 10.1. The Labute approximate surface area is 122 Å². The fraction of sp³-hybridized carbons (Fsp3) is 0.154. The fourth-order valence-electron chi connectivity index (χ4n) is 2.05. The van der Waals surface area contributed by atoms with E-state index in [0.29, 0.717) is 17.0 Å². The Hall–Kier alpha value is -2.61. The summed E-state index contributed by atoms with van der Waals surface area (Å²) in [7, 11) is 0. The zero-order valence-corrected chi connectivity index (χ0v) is 11.5. The summed E-state index contributed by atoms with van der Waals surface area (Å²) in [6, 6.07) is 3.17. The van der Waals surface area contributed by atoms with Crippen molar-refractivity contribution in [2.75, 3.05) is 6.54 Å². The standard InChI is InChI=1S/C13H9N3O4S/c17-11-7-2-1-4-14-10(7)12(18)16(11)5-3-9-15-8(6-21-9)13(19)20/h1-2,4,6H,3,5H2,(H,19,20). The predicted molar refractivity (Wildman–Crippen MR) is 72.4 cm³/mol. The van der Waals surface area contributed by atoms with Gasteiger partial charge in [-0.3, -0.25) is 19.5 Å². The van der Waals surface area contributed by atoms with Gasteiger partial charge in [0.1, 0.15) is 5.69 Å². The molecule has 0 aliphatic carbocycles. The number of hydrogen-bond donors (Lipinski definition) is 1. The minimum atomic E-state index is -1.09. The van der Waals surface area contributed by atoms with Crippen LogP contribution < -0.4 is 0 Å². The van der Waals surface area contributed by atoms with Gasteiger partial charge in [0.05, 0.1) is 10.6 Å². The van der Waals surface area contributed by atoms with E-state index in [9.17, 15) is 14.4 Å². The van der Waals surface area contributed by atoms with Gasteiger partial charge in [0, 0.05) is 24.5 Å². The van der Waals surface area contributed by atoms with Crippen molar-refractivity contribution in [3.63, 3.8) is 0 Å². The lowest BCUT2D eigenvalue weighted by Gasteiger charge is -2.11. The van der Waals surface area contributed by atoms with Crippen LogP contribution in [0.5, 0.6) is 0 Å². The van der Waals surface area contributed by atoms with E-state index in [1.165, 1.54) is 22.9 Å². The Kier molecular flexibility index (Phi) is 3.22. The maximum atomic E-state index is 12.1. The van der Waals surface area contributed by atoms with Gasteiger partial charge in [-0.15, -0.1) is 11.3 Å². The van der Waals surface area contributed by atoms with Gasteiger partial charge in [-0.25, -0.2) is 9.78 Å². The van der Waals surface area contributed by atoms with Crippen LogP contribution >= 0.6 is 11.3 Å². The molecule has 21 heavy (non-hydrogen) atoms. The number of carbonyl (C=O) groups excluding carboxylic acids is 2. The number of aromatic nitrogens is 2. The number of imide groups is 1. The summed E-state index contributed by atoms with van der Waals surface area (Å²) in [5.74, 6) is -1.90. The molecular formula is C13H9N3O4S. The van der Waals surface area contributed by atoms with Crippen molar-refractivity contribution < 1.29 is 19.5 Å². The Balaban J connectivity index is 1.73. The Bertz CT molecular complexity index is 720. The number of nitrogens with zero attached hydrogens (tertiary/aromatic N) is 3. The van der Waals surface area contributed by atoms with E-state index in [0.717, 1.165) is 4.90 Å². The lowest BCUT2D eigenvalue weighted by atomic mass is 10.2. The molecule has 0 aromatic carbocycles. The van der Waals surface area contributed by atoms with Crippen molar-refractivity contribution in [2.45, 2.75) is 6.42 Å². The topological polar surface area (TPSA) is 100 Å². The second-order valence-corrected chi connectivity index (χ2v) is 5.29. The highest BCUT2D eigenvalue weighted by Crippen LogP contribution is 2.21. The molecule has 2 aromatic heterocycles. The molecule has 0 unspecified atom stereocenters. The maximum absolute atomic E-state index is 12.1. The number of carboxylic acids is 1. The summed E-state index contributed by atoms with van der Waals surface area (Å²) in [5, 5.41) is 10.8. The molecule has 1 aliphatic heterocycles. The fourth-order valence-corrected chi connectivity index (χ4v) is 2.81. The molecule has 106 valence electrons. The molecule has 3 heterocycles. The first kappa shape index (κ1) is 13.4. The lowest BCUT2D eigenvalue weighted by molar-refractivity contribution is 0.0648. The van der Waals surface area contributed by atoms with Crippen LogP contribution in [0.15, 0.2) is 23.7 Å². The van der Waals surface area contributed by atoms with Crippen LogP contribution in [-0.4, -0.2) is 44.3 Å². The highest BCUT2D eigenvalue weighted by atomic mass is 32.1. The smallest absolute Gasteiger partial charge is 0.355 e. The number of fused-ring (bicyclic) bond motifs is 1. The van der Waals surface area contributed by atoms with E-state index in [1.807, 2.05) is 0 Å². The van der Waals surface area contributed by atoms with Gasteiger partial charge in [-0.05, 0) is 12.1 Å². The number of thiazole rings is 1. The molecule has 0 bridgehead atoms. The molecule has 7 nitrogen and oxygen atoms in total. The van der Waals surface area contributed by atoms with Gasteiger partial charge in [0.15, 0.2) is 5.69 Å². The number of carboxylic acid groups (broad SMARTS) is 1. The van der Waals surface area contributed by atoms with Gasteiger partial charge in [-0.1, -0.05) is 0 Å². The molecule has 0 atom stereocenters. The molecule has 0 fully saturated rings. The number of rotatable bonds is 4. The highest BCUT2D eigenvalue weighted by molar-refractivity contribution is 7.09. The Morgan fingerprint density at radius 3 is 2.81 bits per heavy atom. The van der Waals surface area contributed by atoms with E-state index in [4.69, 9.17) is 5.11 Å². The third kappa shape index (κ3) is 2.29.